The number of amides is 3. The van der Waals surface area contributed by atoms with Crippen molar-refractivity contribution in [3.63, 3.8) is 0 Å². The van der Waals surface area contributed by atoms with E-state index in [0.717, 1.165) is 50.0 Å². The molecule has 5 rings (SSSR count). The van der Waals surface area contributed by atoms with E-state index in [9.17, 15) is 19.6 Å². The molecule has 2 aliphatic heterocycles. The van der Waals surface area contributed by atoms with E-state index in [1.807, 2.05) is 19.1 Å². The van der Waals surface area contributed by atoms with Gasteiger partial charge in [-0.15, -0.1) is 0 Å². The molecule has 0 bridgehead atoms. The van der Waals surface area contributed by atoms with Gasteiger partial charge in [0.25, 0.3) is 5.91 Å². The van der Waals surface area contributed by atoms with Crippen LogP contribution in [0.15, 0.2) is 18.2 Å². The molecule has 1 aromatic rings. The molecule has 0 spiro atoms. The zero-order chi connectivity index (χ0) is 23.9. The topological polar surface area (TPSA) is 112 Å². The van der Waals surface area contributed by atoms with Crippen LogP contribution in [0.1, 0.15) is 74.2 Å². The van der Waals surface area contributed by atoms with Gasteiger partial charge in [0.05, 0.1) is 11.5 Å². The lowest BCUT2D eigenvalue weighted by Gasteiger charge is -2.41. The normalized spacial score (nSPS) is 33.1. The summed E-state index contributed by atoms with van der Waals surface area (Å²) in [4.78, 5) is 38.2. The summed E-state index contributed by atoms with van der Waals surface area (Å²) in [5.74, 6) is 0.449. The third kappa shape index (κ3) is 4.41. The Hall–Kier alpha value is -2.92. The van der Waals surface area contributed by atoms with Crippen LogP contribution in [0.25, 0.3) is 0 Å². The van der Waals surface area contributed by atoms with E-state index in [0.29, 0.717) is 24.4 Å². The van der Waals surface area contributed by atoms with Crippen LogP contribution >= 0.6 is 0 Å². The molecule has 0 aromatic heterocycles. The zero-order valence-corrected chi connectivity index (χ0v) is 19.6. The van der Waals surface area contributed by atoms with E-state index in [4.69, 9.17) is 4.74 Å². The number of hydrogen-bond acceptors (Lipinski definition) is 6. The van der Waals surface area contributed by atoms with E-state index in [2.05, 4.69) is 16.7 Å². The Bertz CT molecular complexity index is 1040. The standard InChI is InChI=1S/C26H32N4O4/c1-26(15-27)11-16(12-26)13-28-20-4-2-3-5-22(20)34-18-6-7-19-17(10-18)14-30(25(19)33)21-8-9-23(31)29-24(21)32/h6-7,10,16,20-22,28H,2-5,8-9,11-14H2,1H3,(H,29,31,32)/t16-,20?,21?,22?,26-. The quantitative estimate of drug-likeness (QED) is 0.626. The fraction of sp³-hybridized carbons (Fsp3) is 0.615. The monoisotopic (exact) mass is 464 g/mol. The molecule has 3 amide bonds. The number of hydrogen-bond donors (Lipinski definition) is 2. The number of carbonyl (C=O) groups excluding carboxylic acids is 3. The lowest BCUT2D eigenvalue weighted by atomic mass is 9.64. The summed E-state index contributed by atoms with van der Waals surface area (Å²) < 4.78 is 6.42. The molecule has 8 nitrogen and oxygen atoms in total. The molecule has 0 radical (unpaired) electrons. The van der Waals surface area contributed by atoms with Gasteiger partial charge in [-0.1, -0.05) is 6.42 Å². The summed E-state index contributed by atoms with van der Waals surface area (Å²) in [7, 11) is 0. The van der Waals surface area contributed by atoms with Gasteiger partial charge in [-0.2, -0.15) is 5.26 Å². The number of rotatable bonds is 6. The maximum atomic E-state index is 12.9. The first kappa shape index (κ1) is 22.9. The van der Waals surface area contributed by atoms with Crippen LogP contribution in [0, 0.1) is 22.7 Å². The van der Waals surface area contributed by atoms with Crippen molar-refractivity contribution in [3.8, 4) is 11.8 Å². The minimum absolute atomic E-state index is 0.0672. The number of nitriles is 1. The van der Waals surface area contributed by atoms with Crippen LogP contribution in [0.3, 0.4) is 0 Å². The fourth-order valence-electron chi connectivity index (χ4n) is 6.04. The Morgan fingerprint density at radius 2 is 2.00 bits per heavy atom. The number of piperidine rings is 1. The average molecular weight is 465 g/mol. The molecule has 2 heterocycles. The highest BCUT2D eigenvalue weighted by Crippen LogP contribution is 2.44. The molecule has 2 aliphatic carbocycles. The minimum atomic E-state index is -0.608. The second-order valence-electron chi connectivity index (χ2n) is 10.6. The highest BCUT2D eigenvalue weighted by molar-refractivity contribution is 6.05. The van der Waals surface area contributed by atoms with Crippen molar-refractivity contribution >= 4 is 17.7 Å². The lowest BCUT2D eigenvalue weighted by molar-refractivity contribution is -0.136. The van der Waals surface area contributed by atoms with E-state index >= 15 is 0 Å². The number of benzene rings is 1. The largest absolute Gasteiger partial charge is 0.489 e. The third-order valence-corrected chi connectivity index (χ3v) is 7.90. The van der Waals surface area contributed by atoms with Gasteiger partial charge in [0.1, 0.15) is 17.9 Å². The van der Waals surface area contributed by atoms with Gasteiger partial charge in [-0.05, 0) is 81.7 Å². The van der Waals surface area contributed by atoms with Gasteiger partial charge < -0.3 is 15.0 Å². The van der Waals surface area contributed by atoms with Crippen molar-refractivity contribution < 1.29 is 19.1 Å². The zero-order valence-electron chi connectivity index (χ0n) is 19.6. The van der Waals surface area contributed by atoms with Gasteiger partial charge in [-0.25, -0.2) is 0 Å². The minimum Gasteiger partial charge on any atom is -0.489 e. The van der Waals surface area contributed by atoms with Crippen molar-refractivity contribution in [1.82, 2.24) is 15.5 Å². The molecule has 3 fully saturated rings. The summed E-state index contributed by atoms with van der Waals surface area (Å²) in [5.41, 5.74) is 1.30. The predicted octanol–water partition coefficient (Wildman–Crippen LogP) is 2.67. The Labute approximate surface area is 200 Å². The highest BCUT2D eigenvalue weighted by atomic mass is 16.5. The van der Waals surface area contributed by atoms with Crippen molar-refractivity contribution in [2.45, 2.75) is 83.0 Å². The second-order valence-corrected chi connectivity index (χ2v) is 10.6. The molecule has 3 atom stereocenters. The molecule has 180 valence electrons. The Kier molecular flexibility index (Phi) is 6.07. The molecule has 1 aromatic carbocycles. The summed E-state index contributed by atoms with van der Waals surface area (Å²) in [6.45, 7) is 3.31. The summed E-state index contributed by atoms with van der Waals surface area (Å²) in [6, 6.07) is 7.66. The maximum absolute atomic E-state index is 12.9. The number of carbonyl (C=O) groups is 3. The van der Waals surface area contributed by atoms with Crippen molar-refractivity contribution in [3.05, 3.63) is 29.3 Å². The van der Waals surface area contributed by atoms with Crippen molar-refractivity contribution in [1.29, 1.82) is 5.26 Å². The lowest BCUT2D eigenvalue weighted by Crippen LogP contribution is -2.52. The van der Waals surface area contributed by atoms with Crippen LogP contribution < -0.4 is 15.4 Å². The van der Waals surface area contributed by atoms with Crippen molar-refractivity contribution in [2.24, 2.45) is 11.3 Å². The highest BCUT2D eigenvalue weighted by Gasteiger charge is 2.41. The second kappa shape index (κ2) is 9.03. The van der Waals surface area contributed by atoms with E-state index < -0.39 is 11.9 Å². The van der Waals surface area contributed by atoms with E-state index in [1.54, 1.807) is 11.0 Å². The van der Waals surface area contributed by atoms with Gasteiger partial charge in [-0.3, -0.25) is 19.7 Å². The first-order valence-corrected chi connectivity index (χ1v) is 12.4. The molecule has 34 heavy (non-hydrogen) atoms. The first-order valence-electron chi connectivity index (χ1n) is 12.4. The van der Waals surface area contributed by atoms with Crippen LogP contribution in [-0.4, -0.2) is 47.4 Å². The molecule has 8 heteroatoms. The molecule has 3 unspecified atom stereocenters. The molecular formula is C26H32N4O4. The molecule has 4 aliphatic rings. The summed E-state index contributed by atoms with van der Waals surface area (Å²) in [6.07, 6.45) is 6.95. The Morgan fingerprint density at radius 3 is 2.76 bits per heavy atom. The van der Waals surface area contributed by atoms with Crippen LogP contribution in [0.5, 0.6) is 5.75 Å². The number of ether oxygens (including phenoxy) is 1. The smallest absolute Gasteiger partial charge is 0.255 e. The number of fused-ring (bicyclic) bond motifs is 1. The van der Waals surface area contributed by atoms with Gasteiger partial charge in [0, 0.05) is 24.6 Å². The maximum Gasteiger partial charge on any atom is 0.255 e. The number of imide groups is 1. The Morgan fingerprint density at radius 1 is 1.21 bits per heavy atom. The predicted molar refractivity (Wildman–Crippen MR) is 124 cm³/mol. The first-order chi connectivity index (χ1) is 16.3. The summed E-state index contributed by atoms with van der Waals surface area (Å²) >= 11 is 0. The third-order valence-electron chi connectivity index (χ3n) is 7.90. The molecule has 1 saturated heterocycles. The van der Waals surface area contributed by atoms with Gasteiger partial charge >= 0.3 is 0 Å². The van der Waals surface area contributed by atoms with Crippen LogP contribution in [0.4, 0.5) is 0 Å². The molecular weight excluding hydrogens is 432 g/mol. The molecule has 2 saturated carbocycles. The van der Waals surface area contributed by atoms with Crippen molar-refractivity contribution in [2.75, 3.05) is 6.54 Å². The summed E-state index contributed by atoms with van der Waals surface area (Å²) in [5, 5.41) is 15.3. The Balaban J connectivity index is 1.21. The molecule has 2 N–H and O–H groups in total. The van der Waals surface area contributed by atoms with Crippen LogP contribution in [0.2, 0.25) is 0 Å². The van der Waals surface area contributed by atoms with E-state index in [-0.39, 0.29) is 35.8 Å². The van der Waals surface area contributed by atoms with Gasteiger partial charge in [0.2, 0.25) is 11.8 Å². The number of nitrogens with one attached hydrogen (secondary N) is 2. The fourth-order valence-corrected chi connectivity index (χ4v) is 6.04. The van der Waals surface area contributed by atoms with E-state index in [1.165, 1.54) is 6.42 Å². The van der Waals surface area contributed by atoms with Gasteiger partial charge in [0.15, 0.2) is 0 Å². The number of nitrogens with zero attached hydrogens (tertiary/aromatic N) is 2. The SMILES string of the molecule is C[C@]1(C#N)C[C@H](CNC2CCCCC2Oc2ccc3c(c2)CN(C2CCC(=O)NC2=O)C3=O)C1. The average Bonchev–Trinajstić information content (AvgIpc) is 3.12. The van der Waals surface area contributed by atoms with Crippen LogP contribution in [-0.2, 0) is 16.1 Å².